The van der Waals surface area contributed by atoms with Gasteiger partial charge < -0.3 is 9.15 Å². The molecular formula is C14H13FO3. The van der Waals surface area contributed by atoms with Gasteiger partial charge in [0.25, 0.3) is 0 Å². The molecule has 94 valence electrons. The van der Waals surface area contributed by atoms with Gasteiger partial charge in [0.05, 0.1) is 0 Å². The van der Waals surface area contributed by atoms with Crippen LogP contribution in [-0.4, -0.2) is 12.9 Å². The van der Waals surface area contributed by atoms with E-state index in [4.69, 9.17) is 9.15 Å². The number of furan rings is 1. The van der Waals surface area contributed by atoms with E-state index in [1.807, 2.05) is 0 Å². The zero-order chi connectivity index (χ0) is 13.1. The second-order valence-corrected chi connectivity index (χ2v) is 3.99. The van der Waals surface area contributed by atoms with E-state index in [1.165, 1.54) is 6.07 Å². The molecule has 1 heterocycles. The Kier molecular flexibility index (Phi) is 3.58. The van der Waals surface area contributed by atoms with E-state index in [2.05, 4.69) is 0 Å². The number of ketones is 1. The number of benzene rings is 1. The first-order valence-corrected chi connectivity index (χ1v) is 5.50. The Hall–Kier alpha value is -1.94. The topological polar surface area (TPSA) is 39.4 Å². The Morgan fingerprint density at radius 1 is 1.33 bits per heavy atom. The summed E-state index contributed by atoms with van der Waals surface area (Å²) in [5, 5.41) is 0. The number of carbonyl (C=O) groups excluding carboxylic acids is 1. The van der Waals surface area contributed by atoms with Crippen molar-refractivity contribution in [1.82, 2.24) is 0 Å². The van der Waals surface area contributed by atoms with Crippen molar-refractivity contribution in [3.8, 4) is 0 Å². The van der Waals surface area contributed by atoms with E-state index in [9.17, 15) is 9.18 Å². The smallest absolute Gasteiger partial charge is 0.228 e. The number of rotatable bonds is 4. The monoisotopic (exact) mass is 248 g/mol. The van der Waals surface area contributed by atoms with E-state index < -0.39 is 5.82 Å². The van der Waals surface area contributed by atoms with Crippen LogP contribution in [0.1, 0.15) is 27.4 Å². The number of aryl methyl sites for hydroxylation is 1. The molecule has 1 aromatic heterocycles. The Bertz CT molecular complexity index is 572. The molecule has 2 rings (SSSR count). The fourth-order valence-corrected chi connectivity index (χ4v) is 1.60. The van der Waals surface area contributed by atoms with Gasteiger partial charge in [-0.2, -0.15) is 0 Å². The van der Waals surface area contributed by atoms with Gasteiger partial charge in [-0.3, -0.25) is 4.79 Å². The van der Waals surface area contributed by atoms with Gasteiger partial charge in [0.1, 0.15) is 18.2 Å². The number of hydrogen-bond donors (Lipinski definition) is 0. The molecule has 0 unspecified atom stereocenters. The third-order valence-electron chi connectivity index (χ3n) is 2.61. The van der Waals surface area contributed by atoms with Crippen LogP contribution in [0.2, 0.25) is 0 Å². The summed E-state index contributed by atoms with van der Waals surface area (Å²) in [5.74, 6) is 0.0134. The number of ether oxygens (including phenoxy) is 1. The summed E-state index contributed by atoms with van der Waals surface area (Å²) in [6.07, 6.45) is 0. The second kappa shape index (κ2) is 5.14. The van der Waals surface area contributed by atoms with E-state index >= 15 is 0 Å². The van der Waals surface area contributed by atoms with E-state index in [-0.39, 0.29) is 17.1 Å². The fourth-order valence-electron chi connectivity index (χ4n) is 1.60. The zero-order valence-electron chi connectivity index (χ0n) is 10.2. The molecule has 2 aromatic rings. The molecule has 0 saturated carbocycles. The van der Waals surface area contributed by atoms with Crippen molar-refractivity contribution < 1.29 is 18.3 Å². The normalized spacial score (nSPS) is 10.6. The van der Waals surface area contributed by atoms with Crippen molar-refractivity contribution in [3.63, 3.8) is 0 Å². The van der Waals surface area contributed by atoms with Crippen LogP contribution in [-0.2, 0) is 11.3 Å². The maximum absolute atomic E-state index is 13.4. The first-order valence-electron chi connectivity index (χ1n) is 5.50. The summed E-state index contributed by atoms with van der Waals surface area (Å²) in [7, 11) is 1.54. The lowest BCUT2D eigenvalue weighted by molar-refractivity contribution is 0.0999. The van der Waals surface area contributed by atoms with Crippen molar-refractivity contribution in [2.24, 2.45) is 0 Å². The average Bonchev–Trinajstić information content (AvgIpc) is 2.81. The van der Waals surface area contributed by atoms with Crippen LogP contribution < -0.4 is 0 Å². The predicted octanol–water partition coefficient (Wildman–Crippen LogP) is 3.10. The largest absolute Gasteiger partial charge is 0.455 e. The highest BCUT2D eigenvalue weighted by molar-refractivity contribution is 6.07. The summed E-state index contributed by atoms with van der Waals surface area (Å²) in [6, 6.07) is 7.60. The van der Waals surface area contributed by atoms with Gasteiger partial charge in [-0.15, -0.1) is 0 Å². The lowest BCUT2D eigenvalue weighted by Crippen LogP contribution is -2.00. The molecular weight excluding hydrogens is 235 g/mol. The van der Waals surface area contributed by atoms with Crippen molar-refractivity contribution in [2.45, 2.75) is 13.5 Å². The van der Waals surface area contributed by atoms with Gasteiger partial charge in [-0.1, -0.05) is 12.1 Å². The standard InChI is InChI=1S/C14H13FO3/c1-9-3-4-10(7-12(9)15)14(16)13-6-5-11(18-13)8-17-2/h3-7H,8H2,1-2H3. The van der Waals surface area contributed by atoms with Gasteiger partial charge in [0, 0.05) is 12.7 Å². The Morgan fingerprint density at radius 2 is 2.11 bits per heavy atom. The maximum Gasteiger partial charge on any atom is 0.228 e. The van der Waals surface area contributed by atoms with Crippen LogP contribution in [0.4, 0.5) is 4.39 Å². The van der Waals surface area contributed by atoms with Crippen molar-refractivity contribution in [3.05, 3.63) is 58.8 Å². The minimum absolute atomic E-state index is 0.185. The molecule has 0 atom stereocenters. The zero-order valence-corrected chi connectivity index (χ0v) is 10.2. The average molecular weight is 248 g/mol. The third-order valence-corrected chi connectivity index (χ3v) is 2.61. The molecule has 0 spiro atoms. The van der Waals surface area contributed by atoms with Crippen LogP contribution in [0.3, 0.4) is 0 Å². The highest BCUT2D eigenvalue weighted by Crippen LogP contribution is 2.16. The molecule has 18 heavy (non-hydrogen) atoms. The van der Waals surface area contributed by atoms with Crippen molar-refractivity contribution in [1.29, 1.82) is 0 Å². The summed E-state index contributed by atoms with van der Waals surface area (Å²) < 4.78 is 23.6. The number of carbonyl (C=O) groups is 1. The quantitative estimate of drug-likeness (QED) is 0.780. The van der Waals surface area contributed by atoms with Gasteiger partial charge in [0.15, 0.2) is 5.76 Å². The molecule has 0 saturated heterocycles. The van der Waals surface area contributed by atoms with Crippen LogP contribution in [0.5, 0.6) is 0 Å². The summed E-state index contributed by atoms with van der Waals surface area (Å²) in [4.78, 5) is 12.0. The van der Waals surface area contributed by atoms with Gasteiger partial charge in [0.2, 0.25) is 5.78 Å². The first-order chi connectivity index (χ1) is 8.61. The molecule has 0 aliphatic heterocycles. The van der Waals surface area contributed by atoms with Crippen LogP contribution >= 0.6 is 0 Å². The van der Waals surface area contributed by atoms with Crippen molar-refractivity contribution >= 4 is 5.78 Å². The molecule has 0 fully saturated rings. The maximum atomic E-state index is 13.4. The molecule has 0 bridgehead atoms. The number of halogens is 1. The number of hydrogen-bond acceptors (Lipinski definition) is 3. The van der Waals surface area contributed by atoms with Gasteiger partial charge >= 0.3 is 0 Å². The number of methoxy groups -OCH3 is 1. The van der Waals surface area contributed by atoms with E-state index in [0.717, 1.165) is 0 Å². The molecule has 4 heteroatoms. The third kappa shape index (κ3) is 2.49. The highest BCUT2D eigenvalue weighted by Gasteiger charge is 2.14. The van der Waals surface area contributed by atoms with Crippen LogP contribution in [0.15, 0.2) is 34.7 Å². The minimum Gasteiger partial charge on any atom is -0.455 e. The lowest BCUT2D eigenvalue weighted by atomic mass is 10.1. The molecule has 0 radical (unpaired) electrons. The summed E-state index contributed by atoms with van der Waals surface area (Å²) in [6.45, 7) is 1.95. The minimum atomic E-state index is -0.399. The van der Waals surface area contributed by atoms with Crippen LogP contribution in [0.25, 0.3) is 0 Å². The first kappa shape index (κ1) is 12.5. The highest BCUT2D eigenvalue weighted by atomic mass is 19.1. The molecule has 1 aromatic carbocycles. The van der Waals surface area contributed by atoms with E-state index in [1.54, 1.807) is 38.3 Å². The molecule has 0 amide bonds. The summed E-state index contributed by atoms with van der Waals surface area (Å²) in [5.41, 5.74) is 0.780. The van der Waals surface area contributed by atoms with Crippen LogP contribution in [0, 0.1) is 12.7 Å². The Morgan fingerprint density at radius 3 is 2.78 bits per heavy atom. The Labute approximate surface area is 104 Å². The molecule has 3 nitrogen and oxygen atoms in total. The fraction of sp³-hybridized carbons (Fsp3) is 0.214. The van der Waals surface area contributed by atoms with Gasteiger partial charge in [-0.25, -0.2) is 4.39 Å². The van der Waals surface area contributed by atoms with Gasteiger partial charge in [-0.05, 0) is 30.7 Å². The molecule has 0 aliphatic carbocycles. The molecule has 0 aliphatic rings. The Balaban J connectivity index is 2.26. The second-order valence-electron chi connectivity index (χ2n) is 3.99. The summed E-state index contributed by atoms with van der Waals surface area (Å²) >= 11 is 0. The van der Waals surface area contributed by atoms with Crippen molar-refractivity contribution in [2.75, 3.05) is 7.11 Å². The van der Waals surface area contributed by atoms with E-state index in [0.29, 0.717) is 17.9 Å². The molecule has 0 N–H and O–H groups in total. The lowest BCUT2D eigenvalue weighted by Gasteiger charge is -2.00. The predicted molar refractivity (Wildman–Crippen MR) is 64.0 cm³/mol. The SMILES string of the molecule is COCc1ccc(C(=O)c2ccc(C)c(F)c2)o1.